The quantitative estimate of drug-likeness (QED) is 0.333. The van der Waals surface area contributed by atoms with Gasteiger partial charge in [0.25, 0.3) is 0 Å². The standard InChI is InChI=1S/C28H24N2/c1-21-12-8-9-17-24(21)20-30-26-19-11-10-18-25(26)29-28(30)27(22-13-4-2-5-14-22)23-15-6-3-7-16-23/h2-19,27H,20H2,1H3. The van der Waals surface area contributed by atoms with Crippen molar-refractivity contribution in [2.24, 2.45) is 0 Å². The summed E-state index contributed by atoms with van der Waals surface area (Å²) in [6, 6.07) is 38.5. The van der Waals surface area contributed by atoms with Gasteiger partial charge >= 0.3 is 0 Å². The van der Waals surface area contributed by atoms with E-state index in [-0.39, 0.29) is 5.92 Å². The fraction of sp³-hybridized carbons (Fsp3) is 0.107. The maximum absolute atomic E-state index is 5.15. The van der Waals surface area contributed by atoms with Crippen LogP contribution in [0.5, 0.6) is 0 Å². The summed E-state index contributed by atoms with van der Waals surface area (Å²) in [6.07, 6.45) is 0. The molecule has 2 heteroatoms. The van der Waals surface area contributed by atoms with Gasteiger partial charge in [0.15, 0.2) is 0 Å². The van der Waals surface area contributed by atoms with E-state index in [9.17, 15) is 0 Å². The Hall–Kier alpha value is -3.65. The van der Waals surface area contributed by atoms with Gasteiger partial charge in [0.2, 0.25) is 0 Å². The Morgan fingerprint density at radius 2 is 1.23 bits per heavy atom. The number of imidazole rings is 1. The smallest absolute Gasteiger partial charge is 0.122 e. The molecule has 5 aromatic rings. The molecule has 0 bridgehead atoms. The Morgan fingerprint density at radius 3 is 1.90 bits per heavy atom. The first kappa shape index (κ1) is 18.4. The average Bonchev–Trinajstić information content (AvgIpc) is 3.15. The summed E-state index contributed by atoms with van der Waals surface area (Å²) >= 11 is 0. The van der Waals surface area contributed by atoms with Gasteiger partial charge < -0.3 is 4.57 Å². The van der Waals surface area contributed by atoms with Gasteiger partial charge in [0.1, 0.15) is 5.82 Å². The Balaban J connectivity index is 1.75. The third kappa shape index (κ3) is 3.42. The molecule has 1 aromatic heterocycles. The molecule has 5 rings (SSSR count). The summed E-state index contributed by atoms with van der Waals surface area (Å²) in [5, 5.41) is 0. The first-order chi connectivity index (χ1) is 14.8. The Labute approximate surface area is 177 Å². The molecule has 0 unspecified atom stereocenters. The van der Waals surface area contributed by atoms with Crippen molar-refractivity contribution < 1.29 is 0 Å². The molecule has 1 heterocycles. The van der Waals surface area contributed by atoms with Crippen LogP contribution in [0.3, 0.4) is 0 Å². The molecule has 0 fully saturated rings. The number of nitrogens with zero attached hydrogens (tertiary/aromatic N) is 2. The summed E-state index contributed by atoms with van der Waals surface area (Å²) in [5.41, 5.74) is 7.35. The average molecular weight is 389 g/mol. The molecule has 0 aliphatic heterocycles. The molecule has 0 amide bonds. The number of aryl methyl sites for hydroxylation is 1. The molecule has 30 heavy (non-hydrogen) atoms. The number of rotatable bonds is 5. The summed E-state index contributed by atoms with van der Waals surface area (Å²) in [5.74, 6) is 1.15. The molecule has 0 atom stereocenters. The number of fused-ring (bicyclic) bond motifs is 1. The van der Waals surface area contributed by atoms with E-state index in [1.165, 1.54) is 27.8 Å². The zero-order chi connectivity index (χ0) is 20.3. The highest BCUT2D eigenvalue weighted by molar-refractivity contribution is 5.76. The van der Waals surface area contributed by atoms with Crippen molar-refractivity contribution in [3.8, 4) is 0 Å². The van der Waals surface area contributed by atoms with E-state index in [0.29, 0.717) is 0 Å². The lowest BCUT2D eigenvalue weighted by molar-refractivity contribution is 0.721. The molecule has 0 spiro atoms. The molecule has 4 aromatic carbocycles. The monoisotopic (exact) mass is 388 g/mol. The number of hydrogen-bond donors (Lipinski definition) is 0. The molecular weight excluding hydrogens is 364 g/mol. The van der Waals surface area contributed by atoms with Crippen LogP contribution >= 0.6 is 0 Å². The molecule has 0 N–H and O–H groups in total. The molecule has 0 aliphatic rings. The Bertz CT molecular complexity index is 1230. The number of hydrogen-bond acceptors (Lipinski definition) is 1. The number of para-hydroxylation sites is 2. The van der Waals surface area contributed by atoms with Crippen LogP contribution in [0.25, 0.3) is 11.0 Å². The van der Waals surface area contributed by atoms with Gasteiger partial charge in [0.05, 0.1) is 17.0 Å². The van der Waals surface area contributed by atoms with Gasteiger partial charge in [-0.3, -0.25) is 0 Å². The van der Waals surface area contributed by atoms with Crippen molar-refractivity contribution in [3.63, 3.8) is 0 Å². The number of benzene rings is 4. The third-order valence-corrected chi connectivity index (χ3v) is 5.80. The zero-order valence-corrected chi connectivity index (χ0v) is 17.1. The summed E-state index contributed by atoms with van der Waals surface area (Å²) in [4.78, 5) is 5.15. The van der Waals surface area contributed by atoms with Crippen LogP contribution in [0.15, 0.2) is 109 Å². The second-order valence-corrected chi connectivity index (χ2v) is 7.73. The maximum atomic E-state index is 5.15. The third-order valence-electron chi connectivity index (χ3n) is 5.80. The summed E-state index contributed by atoms with van der Waals surface area (Å²) in [6.45, 7) is 2.98. The topological polar surface area (TPSA) is 17.8 Å². The Morgan fingerprint density at radius 1 is 0.667 bits per heavy atom. The van der Waals surface area contributed by atoms with E-state index in [1.807, 2.05) is 0 Å². The molecule has 146 valence electrons. The van der Waals surface area contributed by atoms with Gasteiger partial charge in [-0.25, -0.2) is 4.98 Å². The lowest BCUT2D eigenvalue weighted by Crippen LogP contribution is -2.13. The van der Waals surface area contributed by atoms with E-state index in [0.717, 1.165) is 17.9 Å². The van der Waals surface area contributed by atoms with Crippen LogP contribution in [-0.4, -0.2) is 9.55 Å². The van der Waals surface area contributed by atoms with Crippen LogP contribution < -0.4 is 0 Å². The van der Waals surface area contributed by atoms with Crippen molar-refractivity contribution >= 4 is 11.0 Å². The van der Waals surface area contributed by atoms with Crippen LogP contribution in [-0.2, 0) is 6.54 Å². The van der Waals surface area contributed by atoms with Crippen molar-refractivity contribution in [1.82, 2.24) is 9.55 Å². The fourth-order valence-electron chi connectivity index (χ4n) is 4.22. The molecular formula is C28H24N2. The second kappa shape index (κ2) is 8.00. The highest BCUT2D eigenvalue weighted by atomic mass is 15.1. The molecule has 0 aliphatic carbocycles. The molecule has 0 radical (unpaired) electrons. The van der Waals surface area contributed by atoms with Gasteiger partial charge in [0, 0.05) is 6.54 Å². The summed E-state index contributed by atoms with van der Waals surface area (Å²) in [7, 11) is 0. The predicted octanol–water partition coefficient (Wildman–Crippen LogP) is 6.57. The van der Waals surface area contributed by atoms with E-state index in [2.05, 4.69) is 121 Å². The first-order valence-electron chi connectivity index (χ1n) is 10.4. The largest absolute Gasteiger partial charge is 0.323 e. The van der Waals surface area contributed by atoms with Crippen molar-refractivity contribution in [2.45, 2.75) is 19.4 Å². The van der Waals surface area contributed by atoms with E-state index >= 15 is 0 Å². The normalized spacial score (nSPS) is 11.3. The highest BCUT2D eigenvalue weighted by Gasteiger charge is 2.24. The maximum Gasteiger partial charge on any atom is 0.122 e. The van der Waals surface area contributed by atoms with Crippen LogP contribution in [0.2, 0.25) is 0 Å². The zero-order valence-electron chi connectivity index (χ0n) is 17.1. The minimum atomic E-state index is 0.0730. The van der Waals surface area contributed by atoms with E-state index in [4.69, 9.17) is 4.98 Å². The number of aromatic nitrogens is 2. The molecule has 2 nitrogen and oxygen atoms in total. The summed E-state index contributed by atoms with van der Waals surface area (Å²) < 4.78 is 2.39. The molecule has 0 saturated carbocycles. The van der Waals surface area contributed by atoms with Crippen LogP contribution in [0.4, 0.5) is 0 Å². The van der Waals surface area contributed by atoms with Gasteiger partial charge in [-0.2, -0.15) is 0 Å². The predicted molar refractivity (Wildman–Crippen MR) is 124 cm³/mol. The minimum absolute atomic E-state index is 0.0730. The van der Waals surface area contributed by atoms with Gasteiger partial charge in [-0.1, -0.05) is 97.1 Å². The van der Waals surface area contributed by atoms with Crippen molar-refractivity contribution in [1.29, 1.82) is 0 Å². The van der Waals surface area contributed by atoms with Gasteiger partial charge in [-0.15, -0.1) is 0 Å². The highest BCUT2D eigenvalue weighted by Crippen LogP contribution is 2.34. The van der Waals surface area contributed by atoms with Crippen LogP contribution in [0, 0.1) is 6.92 Å². The van der Waals surface area contributed by atoms with E-state index in [1.54, 1.807) is 0 Å². The first-order valence-corrected chi connectivity index (χ1v) is 10.4. The fourth-order valence-corrected chi connectivity index (χ4v) is 4.22. The minimum Gasteiger partial charge on any atom is -0.323 e. The van der Waals surface area contributed by atoms with Crippen LogP contribution in [0.1, 0.15) is 34.0 Å². The van der Waals surface area contributed by atoms with Gasteiger partial charge in [-0.05, 0) is 41.3 Å². The van der Waals surface area contributed by atoms with Crippen molar-refractivity contribution in [3.05, 3.63) is 137 Å². The van der Waals surface area contributed by atoms with E-state index < -0.39 is 0 Å². The second-order valence-electron chi connectivity index (χ2n) is 7.73. The lowest BCUT2D eigenvalue weighted by atomic mass is 9.90. The SMILES string of the molecule is Cc1ccccc1Cn1c(C(c2ccccc2)c2ccccc2)nc2ccccc21. The molecule has 0 saturated heterocycles. The van der Waals surface area contributed by atoms with Crippen molar-refractivity contribution in [2.75, 3.05) is 0 Å². The Kier molecular flexibility index (Phi) is 4.90. The lowest BCUT2D eigenvalue weighted by Gasteiger charge is -2.20.